The van der Waals surface area contributed by atoms with Crippen molar-refractivity contribution in [1.29, 1.82) is 0 Å². The average Bonchev–Trinajstić information content (AvgIpc) is 2.15. The maximum atomic E-state index is 5.82. The van der Waals surface area contributed by atoms with Crippen molar-refractivity contribution in [3.63, 3.8) is 0 Å². The highest BCUT2D eigenvalue weighted by Gasteiger charge is 2.34. The van der Waals surface area contributed by atoms with Gasteiger partial charge in [-0.05, 0) is 49.4 Å². The number of hydrogen-bond donors (Lipinski definition) is 2. The predicted octanol–water partition coefficient (Wildman–Crippen LogP) is 3.45. The summed E-state index contributed by atoms with van der Waals surface area (Å²) < 4.78 is 1.06. The van der Waals surface area contributed by atoms with Crippen LogP contribution < -0.4 is 11.1 Å². The summed E-state index contributed by atoms with van der Waals surface area (Å²) >= 11 is 3.47. The van der Waals surface area contributed by atoms with Crippen LogP contribution in [0.15, 0.2) is 22.7 Å². The zero-order valence-electron chi connectivity index (χ0n) is 9.72. The molecule has 0 radical (unpaired) electrons. The highest BCUT2D eigenvalue weighted by Crippen LogP contribution is 2.35. The molecular formula is C13H19BrN2. The zero-order valence-corrected chi connectivity index (χ0v) is 11.3. The predicted molar refractivity (Wildman–Crippen MR) is 72.3 cm³/mol. The number of nitrogens with two attached hydrogens (primary N) is 1. The van der Waals surface area contributed by atoms with Crippen molar-refractivity contribution in [3.8, 4) is 0 Å². The Labute approximate surface area is 106 Å². The van der Waals surface area contributed by atoms with Gasteiger partial charge in [0, 0.05) is 22.2 Å². The Morgan fingerprint density at radius 3 is 2.62 bits per heavy atom. The highest BCUT2D eigenvalue weighted by atomic mass is 79.9. The molecule has 1 saturated carbocycles. The first-order valence-electron chi connectivity index (χ1n) is 5.93. The van der Waals surface area contributed by atoms with Crippen molar-refractivity contribution in [2.75, 3.05) is 5.73 Å². The van der Waals surface area contributed by atoms with Crippen LogP contribution in [-0.2, 0) is 6.54 Å². The van der Waals surface area contributed by atoms with Gasteiger partial charge in [0.2, 0.25) is 0 Å². The molecule has 3 N–H and O–H groups in total. The zero-order chi connectivity index (χ0) is 11.6. The number of nitrogen functional groups attached to an aromatic ring is 1. The molecule has 0 amide bonds. The molecule has 0 aromatic heterocycles. The highest BCUT2D eigenvalue weighted by molar-refractivity contribution is 9.10. The molecule has 0 aliphatic heterocycles. The first-order valence-corrected chi connectivity index (χ1v) is 6.73. The van der Waals surface area contributed by atoms with Crippen molar-refractivity contribution >= 4 is 21.6 Å². The molecule has 2 nitrogen and oxygen atoms in total. The van der Waals surface area contributed by atoms with E-state index >= 15 is 0 Å². The summed E-state index contributed by atoms with van der Waals surface area (Å²) in [6.07, 6.45) is 5.21. The van der Waals surface area contributed by atoms with Gasteiger partial charge in [-0.2, -0.15) is 0 Å². The van der Waals surface area contributed by atoms with Crippen molar-refractivity contribution in [3.05, 3.63) is 28.2 Å². The van der Waals surface area contributed by atoms with E-state index in [9.17, 15) is 0 Å². The number of benzene rings is 1. The van der Waals surface area contributed by atoms with Crippen LogP contribution in [0, 0.1) is 0 Å². The molecule has 0 atom stereocenters. The smallest absolute Gasteiger partial charge is 0.0328 e. The molecule has 0 spiro atoms. The molecule has 1 aliphatic carbocycles. The van der Waals surface area contributed by atoms with E-state index in [0.717, 1.165) is 16.7 Å². The average molecular weight is 283 g/mol. The normalized spacial score (nSPS) is 18.1. The maximum absolute atomic E-state index is 5.82. The topological polar surface area (TPSA) is 38.0 Å². The van der Waals surface area contributed by atoms with Crippen molar-refractivity contribution in [2.24, 2.45) is 0 Å². The van der Waals surface area contributed by atoms with Crippen LogP contribution in [0.2, 0.25) is 0 Å². The number of rotatable bonds is 4. The van der Waals surface area contributed by atoms with Gasteiger partial charge >= 0.3 is 0 Å². The summed E-state index contributed by atoms with van der Waals surface area (Å²) in [6.45, 7) is 3.18. The van der Waals surface area contributed by atoms with E-state index in [-0.39, 0.29) is 0 Å². The number of anilines is 1. The fraction of sp³-hybridized carbons (Fsp3) is 0.538. The molecule has 88 valence electrons. The Morgan fingerprint density at radius 1 is 1.38 bits per heavy atom. The third-order valence-corrected chi connectivity index (χ3v) is 4.09. The maximum Gasteiger partial charge on any atom is 0.0328 e. The van der Waals surface area contributed by atoms with Gasteiger partial charge in [0.15, 0.2) is 0 Å². The molecule has 1 aromatic rings. The lowest BCUT2D eigenvalue weighted by atomic mass is 9.75. The first-order chi connectivity index (χ1) is 7.63. The van der Waals surface area contributed by atoms with Crippen LogP contribution in [0.25, 0.3) is 0 Å². The summed E-state index contributed by atoms with van der Waals surface area (Å²) in [7, 11) is 0. The molecule has 1 aliphatic rings. The van der Waals surface area contributed by atoms with Gasteiger partial charge in [-0.25, -0.2) is 0 Å². The molecule has 0 bridgehead atoms. The summed E-state index contributed by atoms with van der Waals surface area (Å²) in [5.41, 5.74) is 8.30. The second-order valence-corrected chi connectivity index (χ2v) is 5.65. The standard InChI is InChI=1S/C13H19BrN2/c1-2-13(4-3-5-13)16-9-10-6-11(14)8-12(15)7-10/h6-8,16H,2-5,9,15H2,1H3. The number of halogens is 1. The van der Waals surface area contributed by atoms with Crippen LogP contribution in [0.5, 0.6) is 0 Å². The number of nitrogens with one attached hydrogen (secondary N) is 1. The Morgan fingerprint density at radius 2 is 2.12 bits per heavy atom. The molecule has 1 fully saturated rings. The van der Waals surface area contributed by atoms with E-state index in [1.54, 1.807) is 0 Å². The Kier molecular flexibility index (Phi) is 3.55. The lowest BCUT2D eigenvalue weighted by Gasteiger charge is -2.42. The van der Waals surface area contributed by atoms with Gasteiger partial charge < -0.3 is 11.1 Å². The van der Waals surface area contributed by atoms with Crippen LogP contribution >= 0.6 is 15.9 Å². The fourth-order valence-electron chi connectivity index (χ4n) is 2.33. The molecule has 16 heavy (non-hydrogen) atoms. The summed E-state index contributed by atoms with van der Waals surface area (Å²) in [5, 5.41) is 3.68. The summed E-state index contributed by atoms with van der Waals surface area (Å²) in [4.78, 5) is 0. The summed E-state index contributed by atoms with van der Waals surface area (Å²) in [5.74, 6) is 0. The molecule has 2 rings (SSSR count). The van der Waals surface area contributed by atoms with Gasteiger partial charge in [-0.1, -0.05) is 22.9 Å². The molecule has 0 saturated heterocycles. The van der Waals surface area contributed by atoms with E-state index in [2.05, 4.69) is 34.2 Å². The Balaban J connectivity index is 1.98. The van der Waals surface area contributed by atoms with Gasteiger partial charge in [-0.15, -0.1) is 0 Å². The SMILES string of the molecule is CCC1(NCc2cc(N)cc(Br)c2)CCC1. The third kappa shape index (κ3) is 2.58. The van der Waals surface area contributed by atoms with Crippen molar-refractivity contribution in [2.45, 2.75) is 44.7 Å². The van der Waals surface area contributed by atoms with Gasteiger partial charge in [0.25, 0.3) is 0 Å². The van der Waals surface area contributed by atoms with Gasteiger partial charge in [0.05, 0.1) is 0 Å². The van der Waals surface area contributed by atoms with Crippen LogP contribution in [0.4, 0.5) is 5.69 Å². The van der Waals surface area contributed by atoms with Crippen molar-refractivity contribution in [1.82, 2.24) is 5.32 Å². The molecule has 1 aromatic carbocycles. The lowest BCUT2D eigenvalue weighted by Crippen LogP contribution is -2.49. The van der Waals surface area contributed by atoms with E-state index < -0.39 is 0 Å². The van der Waals surface area contributed by atoms with E-state index in [4.69, 9.17) is 5.73 Å². The lowest BCUT2D eigenvalue weighted by molar-refractivity contribution is 0.175. The van der Waals surface area contributed by atoms with Crippen LogP contribution in [-0.4, -0.2) is 5.54 Å². The minimum absolute atomic E-state index is 0.400. The Hall–Kier alpha value is -0.540. The molecular weight excluding hydrogens is 264 g/mol. The van der Waals surface area contributed by atoms with E-state index in [1.165, 1.54) is 31.2 Å². The van der Waals surface area contributed by atoms with E-state index in [0.29, 0.717) is 5.54 Å². The minimum atomic E-state index is 0.400. The fourth-order valence-corrected chi connectivity index (χ4v) is 2.88. The Bertz CT molecular complexity index is 346. The molecule has 0 heterocycles. The molecule has 3 heteroatoms. The van der Waals surface area contributed by atoms with Gasteiger partial charge in [-0.3, -0.25) is 0 Å². The van der Waals surface area contributed by atoms with Crippen LogP contribution in [0.3, 0.4) is 0 Å². The first kappa shape index (κ1) is 11.9. The summed E-state index contributed by atoms with van der Waals surface area (Å²) in [6, 6.07) is 6.10. The largest absolute Gasteiger partial charge is 0.399 e. The van der Waals surface area contributed by atoms with Crippen molar-refractivity contribution < 1.29 is 0 Å². The minimum Gasteiger partial charge on any atom is -0.399 e. The third-order valence-electron chi connectivity index (χ3n) is 3.63. The van der Waals surface area contributed by atoms with Crippen LogP contribution in [0.1, 0.15) is 38.2 Å². The quantitative estimate of drug-likeness (QED) is 0.830. The van der Waals surface area contributed by atoms with Gasteiger partial charge in [0.1, 0.15) is 0 Å². The monoisotopic (exact) mass is 282 g/mol. The van der Waals surface area contributed by atoms with E-state index in [1.807, 2.05) is 12.1 Å². The second-order valence-electron chi connectivity index (χ2n) is 4.73. The number of hydrogen-bond acceptors (Lipinski definition) is 2. The molecule has 0 unspecified atom stereocenters. The second kappa shape index (κ2) is 4.76.